The number of aromatic nitrogens is 2. The van der Waals surface area contributed by atoms with Gasteiger partial charge < -0.3 is 10.6 Å². The average molecular weight is 220 g/mol. The molecule has 2 aromatic rings. The summed E-state index contributed by atoms with van der Waals surface area (Å²) in [4.78, 5) is 8.31. The van der Waals surface area contributed by atoms with Crippen LogP contribution in [0.1, 0.15) is 5.69 Å². The number of anilines is 2. The summed E-state index contributed by atoms with van der Waals surface area (Å²) >= 11 is 1.60. The lowest BCUT2D eigenvalue weighted by molar-refractivity contribution is 1.07. The SMILES string of the molecule is CNc1cncc(NCc2cscn2)c1. The van der Waals surface area contributed by atoms with Crippen molar-refractivity contribution in [2.45, 2.75) is 6.54 Å². The van der Waals surface area contributed by atoms with E-state index in [2.05, 4.69) is 20.6 Å². The number of pyridine rings is 1. The first-order chi connectivity index (χ1) is 7.38. The number of nitrogens with one attached hydrogen (secondary N) is 2. The Labute approximate surface area is 92.4 Å². The number of thiazole rings is 1. The molecule has 2 rings (SSSR count). The molecule has 2 N–H and O–H groups in total. The molecule has 4 nitrogen and oxygen atoms in total. The van der Waals surface area contributed by atoms with Crippen molar-refractivity contribution in [1.29, 1.82) is 0 Å². The van der Waals surface area contributed by atoms with Gasteiger partial charge in [-0.3, -0.25) is 4.98 Å². The van der Waals surface area contributed by atoms with Crippen molar-refractivity contribution in [2.75, 3.05) is 17.7 Å². The first-order valence-corrected chi connectivity index (χ1v) is 5.56. The molecule has 15 heavy (non-hydrogen) atoms. The van der Waals surface area contributed by atoms with E-state index in [1.54, 1.807) is 23.7 Å². The molecule has 0 saturated carbocycles. The Morgan fingerprint density at radius 2 is 2.20 bits per heavy atom. The molecule has 0 atom stereocenters. The Morgan fingerprint density at radius 1 is 1.33 bits per heavy atom. The van der Waals surface area contributed by atoms with Gasteiger partial charge >= 0.3 is 0 Å². The van der Waals surface area contributed by atoms with Crippen LogP contribution in [-0.4, -0.2) is 17.0 Å². The highest BCUT2D eigenvalue weighted by atomic mass is 32.1. The van der Waals surface area contributed by atoms with E-state index >= 15 is 0 Å². The van der Waals surface area contributed by atoms with Crippen molar-refractivity contribution in [2.24, 2.45) is 0 Å². The van der Waals surface area contributed by atoms with E-state index in [0.717, 1.165) is 23.6 Å². The Balaban J connectivity index is 1.98. The molecule has 0 amide bonds. The number of nitrogens with zero attached hydrogens (tertiary/aromatic N) is 2. The van der Waals surface area contributed by atoms with Crippen molar-refractivity contribution >= 4 is 22.7 Å². The van der Waals surface area contributed by atoms with Gasteiger partial charge in [-0.15, -0.1) is 11.3 Å². The molecule has 0 aliphatic carbocycles. The van der Waals surface area contributed by atoms with Gasteiger partial charge in [-0.1, -0.05) is 0 Å². The lowest BCUT2D eigenvalue weighted by Gasteiger charge is -2.05. The average Bonchev–Trinajstić information content (AvgIpc) is 2.79. The van der Waals surface area contributed by atoms with Crippen molar-refractivity contribution in [3.8, 4) is 0 Å². The first-order valence-electron chi connectivity index (χ1n) is 4.62. The van der Waals surface area contributed by atoms with Gasteiger partial charge in [0, 0.05) is 12.4 Å². The molecule has 0 bridgehead atoms. The fourth-order valence-electron chi connectivity index (χ4n) is 1.19. The molecule has 2 heterocycles. The van der Waals surface area contributed by atoms with Gasteiger partial charge in [0.2, 0.25) is 0 Å². The van der Waals surface area contributed by atoms with E-state index in [1.807, 2.05) is 24.0 Å². The molecule has 0 unspecified atom stereocenters. The van der Waals surface area contributed by atoms with Crippen LogP contribution in [0.25, 0.3) is 0 Å². The summed E-state index contributed by atoms with van der Waals surface area (Å²) in [6.45, 7) is 0.734. The van der Waals surface area contributed by atoms with Gasteiger partial charge in [0.05, 0.1) is 41.5 Å². The molecule has 2 aromatic heterocycles. The quantitative estimate of drug-likeness (QED) is 0.829. The van der Waals surface area contributed by atoms with E-state index < -0.39 is 0 Å². The minimum Gasteiger partial charge on any atom is -0.387 e. The van der Waals surface area contributed by atoms with Crippen molar-refractivity contribution in [3.63, 3.8) is 0 Å². The molecular formula is C10H12N4S. The third-order valence-corrected chi connectivity index (χ3v) is 2.62. The van der Waals surface area contributed by atoms with Gasteiger partial charge in [-0.2, -0.15) is 0 Å². The van der Waals surface area contributed by atoms with Crippen LogP contribution >= 0.6 is 11.3 Å². The van der Waals surface area contributed by atoms with E-state index in [0.29, 0.717) is 0 Å². The Bertz CT molecular complexity index is 413. The van der Waals surface area contributed by atoms with E-state index in [1.165, 1.54) is 0 Å². The number of rotatable bonds is 4. The lowest BCUT2D eigenvalue weighted by atomic mass is 10.3. The zero-order chi connectivity index (χ0) is 10.5. The Hall–Kier alpha value is -1.62. The van der Waals surface area contributed by atoms with Crippen LogP contribution in [0.4, 0.5) is 11.4 Å². The highest BCUT2D eigenvalue weighted by molar-refractivity contribution is 7.07. The summed E-state index contributed by atoms with van der Waals surface area (Å²) in [5, 5.41) is 8.34. The monoisotopic (exact) mass is 220 g/mol. The molecular weight excluding hydrogens is 208 g/mol. The van der Waals surface area contributed by atoms with Crippen LogP contribution < -0.4 is 10.6 Å². The number of hydrogen-bond donors (Lipinski definition) is 2. The number of hydrogen-bond acceptors (Lipinski definition) is 5. The molecule has 5 heteroatoms. The molecule has 78 valence electrons. The van der Waals surface area contributed by atoms with E-state index in [-0.39, 0.29) is 0 Å². The summed E-state index contributed by atoms with van der Waals surface area (Å²) in [6, 6.07) is 2.01. The Morgan fingerprint density at radius 3 is 2.93 bits per heavy atom. The molecule has 0 saturated heterocycles. The summed E-state index contributed by atoms with van der Waals surface area (Å²) in [5.74, 6) is 0. The fraction of sp³-hybridized carbons (Fsp3) is 0.200. The second-order valence-electron chi connectivity index (χ2n) is 3.05. The topological polar surface area (TPSA) is 49.8 Å². The summed E-state index contributed by atoms with van der Waals surface area (Å²) in [5.41, 5.74) is 4.88. The second kappa shape index (κ2) is 4.75. The third kappa shape index (κ3) is 2.66. The maximum absolute atomic E-state index is 4.19. The summed E-state index contributed by atoms with van der Waals surface area (Å²) in [6.07, 6.45) is 3.58. The predicted molar refractivity (Wildman–Crippen MR) is 63.2 cm³/mol. The van der Waals surface area contributed by atoms with E-state index in [9.17, 15) is 0 Å². The molecule has 0 aliphatic heterocycles. The minimum absolute atomic E-state index is 0.734. The van der Waals surface area contributed by atoms with Crippen molar-refractivity contribution in [1.82, 2.24) is 9.97 Å². The van der Waals surface area contributed by atoms with Gasteiger partial charge in [0.1, 0.15) is 0 Å². The maximum Gasteiger partial charge on any atom is 0.0795 e. The summed E-state index contributed by atoms with van der Waals surface area (Å²) in [7, 11) is 1.88. The molecule has 0 spiro atoms. The summed E-state index contributed by atoms with van der Waals surface area (Å²) < 4.78 is 0. The largest absolute Gasteiger partial charge is 0.387 e. The van der Waals surface area contributed by atoms with Crippen LogP contribution in [0.2, 0.25) is 0 Å². The van der Waals surface area contributed by atoms with E-state index in [4.69, 9.17) is 0 Å². The second-order valence-corrected chi connectivity index (χ2v) is 3.76. The molecule has 0 fully saturated rings. The third-order valence-electron chi connectivity index (χ3n) is 1.98. The fourth-order valence-corrected chi connectivity index (χ4v) is 1.75. The van der Waals surface area contributed by atoms with Crippen LogP contribution in [0.5, 0.6) is 0 Å². The van der Waals surface area contributed by atoms with Gasteiger partial charge in [-0.25, -0.2) is 4.98 Å². The lowest BCUT2D eigenvalue weighted by Crippen LogP contribution is -2.00. The molecule has 0 aromatic carbocycles. The van der Waals surface area contributed by atoms with Gasteiger partial charge in [0.25, 0.3) is 0 Å². The van der Waals surface area contributed by atoms with Gasteiger partial charge in [0.15, 0.2) is 0 Å². The van der Waals surface area contributed by atoms with Crippen LogP contribution in [0.15, 0.2) is 29.4 Å². The predicted octanol–water partition coefficient (Wildman–Crippen LogP) is 2.19. The van der Waals surface area contributed by atoms with Crippen LogP contribution in [0.3, 0.4) is 0 Å². The normalized spacial score (nSPS) is 9.93. The van der Waals surface area contributed by atoms with Crippen LogP contribution in [0, 0.1) is 0 Å². The molecule has 0 radical (unpaired) electrons. The smallest absolute Gasteiger partial charge is 0.0795 e. The van der Waals surface area contributed by atoms with Gasteiger partial charge in [-0.05, 0) is 6.07 Å². The van der Waals surface area contributed by atoms with Crippen LogP contribution in [-0.2, 0) is 6.54 Å². The zero-order valence-electron chi connectivity index (χ0n) is 8.40. The standard InChI is InChI=1S/C10H12N4S/c1-11-8-2-9(4-12-3-8)13-5-10-6-15-7-14-10/h2-4,6-7,11,13H,5H2,1H3. The Kier molecular flexibility index (Phi) is 3.14. The molecule has 0 aliphatic rings. The first kappa shape index (κ1) is 9.92. The van der Waals surface area contributed by atoms with Crippen molar-refractivity contribution < 1.29 is 0 Å². The minimum atomic E-state index is 0.734. The highest BCUT2D eigenvalue weighted by Crippen LogP contribution is 2.13. The maximum atomic E-state index is 4.19. The van der Waals surface area contributed by atoms with Crippen molar-refractivity contribution in [3.05, 3.63) is 35.0 Å². The zero-order valence-corrected chi connectivity index (χ0v) is 9.21. The highest BCUT2D eigenvalue weighted by Gasteiger charge is 1.96.